The molecule has 0 amide bonds. The van der Waals surface area contributed by atoms with Gasteiger partial charge in [-0.25, -0.2) is 4.79 Å². The summed E-state index contributed by atoms with van der Waals surface area (Å²) < 4.78 is 16.7. The van der Waals surface area contributed by atoms with Crippen LogP contribution < -0.4 is 0 Å². The van der Waals surface area contributed by atoms with Crippen LogP contribution in [0.3, 0.4) is 0 Å². The number of aliphatic hydroxyl groups excluding tert-OH is 3. The van der Waals surface area contributed by atoms with Gasteiger partial charge in [0, 0.05) is 62.1 Å². The number of rotatable bonds is 16. The van der Waals surface area contributed by atoms with Crippen molar-refractivity contribution in [2.24, 2.45) is 11.8 Å². The van der Waals surface area contributed by atoms with Gasteiger partial charge in [-0.15, -0.1) is 0 Å². The Kier molecular flexibility index (Phi) is 21.5. The standard InChI is InChI=1S/C26H44O9.Ca.2H2O/c1-16(13-23(30)33-11-9-7-5-4-6-8-10-22(28)29)12-20-25(32)24(31)19(15-34-20)14-21-26(35-21)17(2)18(3)27;;;/h13,17-21,24-27,31-32H,4-12,14-15H2,1-3H3,(H,28,29);;2*1H2/b16-13+;;;/t17-,18-,19-,20-,21-,24+,25-,26-;;;/m0.../s1. The first kappa shape index (κ1) is 39.8. The number of epoxide rings is 1. The normalized spacial score (nSPS) is 28.1. The van der Waals surface area contributed by atoms with Gasteiger partial charge >= 0.3 is 11.9 Å². The number of hydrogen-bond acceptors (Lipinski definition) is 8. The van der Waals surface area contributed by atoms with Crippen LogP contribution in [0.15, 0.2) is 11.6 Å². The Balaban J connectivity index is 0. The Morgan fingerprint density at radius 2 is 1.61 bits per heavy atom. The monoisotopic (exact) mass is 576 g/mol. The number of carboxylic acids is 1. The van der Waals surface area contributed by atoms with Crippen LogP contribution in [0.4, 0.5) is 0 Å². The maximum Gasteiger partial charge on any atom is 0.330 e. The molecule has 220 valence electrons. The molecule has 2 fully saturated rings. The third-order valence-electron chi connectivity index (χ3n) is 7.09. The summed E-state index contributed by atoms with van der Waals surface area (Å²) in [7, 11) is 0. The van der Waals surface area contributed by atoms with Gasteiger partial charge in [0.15, 0.2) is 0 Å². The Hall–Kier alpha value is -0.340. The fourth-order valence-electron chi connectivity index (χ4n) is 4.59. The minimum atomic E-state index is -1.06. The molecule has 0 bridgehead atoms. The second-order valence-corrected chi connectivity index (χ2v) is 10.2. The van der Waals surface area contributed by atoms with E-state index in [1.165, 1.54) is 6.08 Å². The van der Waals surface area contributed by atoms with Gasteiger partial charge in [-0.05, 0) is 39.5 Å². The number of carbonyl (C=O) groups is 2. The van der Waals surface area contributed by atoms with Gasteiger partial charge in [0.1, 0.15) is 6.10 Å². The van der Waals surface area contributed by atoms with Crippen LogP contribution in [-0.2, 0) is 23.8 Å². The maximum atomic E-state index is 12.1. The Labute approximate surface area is 255 Å². The first-order valence-corrected chi connectivity index (χ1v) is 13.0. The topological polar surface area (TPSA) is 209 Å². The molecule has 0 saturated carbocycles. The largest absolute Gasteiger partial charge is 0.481 e. The molecule has 0 unspecified atom stereocenters. The molecule has 0 aromatic heterocycles. The van der Waals surface area contributed by atoms with Gasteiger partial charge in [0.05, 0.1) is 43.7 Å². The molecule has 8 N–H and O–H groups in total. The van der Waals surface area contributed by atoms with Gasteiger partial charge in [-0.1, -0.05) is 38.2 Å². The first-order chi connectivity index (χ1) is 16.6. The number of unbranched alkanes of at least 4 members (excludes halogenated alkanes) is 5. The van der Waals surface area contributed by atoms with Crippen LogP contribution in [-0.4, -0.2) is 131 Å². The third kappa shape index (κ3) is 14.3. The summed E-state index contributed by atoms with van der Waals surface area (Å²) in [5.41, 5.74) is 0.708. The van der Waals surface area contributed by atoms with Crippen LogP contribution in [0, 0.1) is 11.8 Å². The number of carbonyl (C=O) groups excluding carboxylic acids is 1. The number of esters is 1. The number of aliphatic hydroxyl groups is 3. The average Bonchev–Trinajstić information content (AvgIpc) is 3.55. The molecule has 2 saturated heterocycles. The van der Waals surface area contributed by atoms with Crippen molar-refractivity contribution in [2.45, 2.75) is 115 Å². The quantitative estimate of drug-likeness (QED) is 0.0664. The molecule has 8 atom stereocenters. The van der Waals surface area contributed by atoms with Crippen molar-refractivity contribution in [3.05, 3.63) is 11.6 Å². The predicted octanol–water partition coefficient (Wildman–Crippen LogP) is 0.562. The van der Waals surface area contributed by atoms with E-state index in [-0.39, 0.29) is 79.2 Å². The zero-order chi connectivity index (χ0) is 26.0. The molecule has 2 aliphatic rings. The number of aliphatic carboxylic acids is 1. The van der Waals surface area contributed by atoms with Gasteiger partial charge in [-0.2, -0.15) is 0 Å². The first-order valence-electron chi connectivity index (χ1n) is 13.0. The summed E-state index contributed by atoms with van der Waals surface area (Å²) in [6.45, 7) is 6.07. The second kappa shape index (κ2) is 20.5. The zero-order valence-electron chi connectivity index (χ0n) is 23.0. The predicted molar refractivity (Wildman–Crippen MR) is 142 cm³/mol. The summed E-state index contributed by atoms with van der Waals surface area (Å²) in [5.74, 6) is -1.42. The second-order valence-electron chi connectivity index (χ2n) is 10.2. The fraction of sp³-hybridized carbons (Fsp3) is 0.846. The number of hydrogen-bond donors (Lipinski definition) is 4. The van der Waals surface area contributed by atoms with E-state index in [9.17, 15) is 24.9 Å². The molecule has 2 rings (SSSR count). The average molecular weight is 577 g/mol. The van der Waals surface area contributed by atoms with E-state index < -0.39 is 36.4 Å². The van der Waals surface area contributed by atoms with E-state index in [2.05, 4.69) is 0 Å². The molecule has 38 heavy (non-hydrogen) atoms. The minimum Gasteiger partial charge on any atom is -0.481 e. The smallest absolute Gasteiger partial charge is 0.330 e. The van der Waals surface area contributed by atoms with Gasteiger partial charge < -0.3 is 45.6 Å². The zero-order valence-corrected chi connectivity index (χ0v) is 25.2. The van der Waals surface area contributed by atoms with Gasteiger partial charge in [0.25, 0.3) is 0 Å². The molecule has 0 spiro atoms. The maximum absolute atomic E-state index is 12.1. The van der Waals surface area contributed by atoms with Crippen molar-refractivity contribution >= 4 is 49.7 Å². The molecule has 12 heteroatoms. The van der Waals surface area contributed by atoms with Crippen molar-refractivity contribution in [1.82, 2.24) is 0 Å². The third-order valence-corrected chi connectivity index (χ3v) is 7.09. The van der Waals surface area contributed by atoms with E-state index in [1.807, 2.05) is 6.92 Å². The van der Waals surface area contributed by atoms with Crippen LogP contribution in [0.25, 0.3) is 0 Å². The summed E-state index contributed by atoms with van der Waals surface area (Å²) >= 11 is 0. The Morgan fingerprint density at radius 3 is 2.21 bits per heavy atom. The van der Waals surface area contributed by atoms with Gasteiger partial charge in [-0.3, -0.25) is 4.79 Å². The van der Waals surface area contributed by atoms with E-state index >= 15 is 0 Å². The molecule has 2 radical (unpaired) electrons. The van der Waals surface area contributed by atoms with E-state index in [0.717, 1.165) is 32.1 Å². The van der Waals surface area contributed by atoms with Crippen molar-refractivity contribution in [1.29, 1.82) is 0 Å². The molecular weight excluding hydrogens is 528 g/mol. The van der Waals surface area contributed by atoms with Crippen molar-refractivity contribution < 1.29 is 55.2 Å². The summed E-state index contributed by atoms with van der Waals surface area (Å²) in [5, 5.41) is 39.5. The van der Waals surface area contributed by atoms with E-state index in [0.29, 0.717) is 38.0 Å². The Bertz CT molecular complexity index is 703. The van der Waals surface area contributed by atoms with Crippen molar-refractivity contribution in [3.63, 3.8) is 0 Å². The van der Waals surface area contributed by atoms with Crippen molar-refractivity contribution in [2.75, 3.05) is 13.2 Å². The van der Waals surface area contributed by atoms with Crippen LogP contribution in [0.1, 0.15) is 78.6 Å². The molecule has 0 aromatic carbocycles. The summed E-state index contributed by atoms with van der Waals surface area (Å²) in [6.07, 6.45) is 4.61. The Morgan fingerprint density at radius 1 is 1.00 bits per heavy atom. The van der Waals surface area contributed by atoms with Crippen LogP contribution in [0.5, 0.6) is 0 Å². The molecular formula is C26H48CaO11. The van der Waals surface area contributed by atoms with Gasteiger partial charge in [0.2, 0.25) is 0 Å². The van der Waals surface area contributed by atoms with Crippen LogP contribution >= 0.6 is 0 Å². The number of ether oxygens (including phenoxy) is 3. The summed E-state index contributed by atoms with van der Waals surface area (Å²) in [4.78, 5) is 22.5. The SMILES string of the molecule is C/C(=C\C(=O)OCCCCCCCCC(=O)O)C[C@@H]1OC[C@H](C[C@@H]2O[C@H]2[C@@H](C)[C@H](C)O)[C@@H](O)[C@H]1O.O.O.[Ca]. The molecule has 0 aromatic rings. The van der Waals surface area contributed by atoms with Crippen LogP contribution in [0.2, 0.25) is 0 Å². The fourth-order valence-corrected chi connectivity index (χ4v) is 4.59. The minimum absolute atomic E-state index is 0. The van der Waals surface area contributed by atoms with E-state index in [4.69, 9.17) is 19.3 Å². The molecule has 2 aliphatic heterocycles. The molecule has 0 aliphatic carbocycles. The number of carboxylic acid groups (broad SMARTS) is 1. The van der Waals surface area contributed by atoms with Crippen molar-refractivity contribution in [3.8, 4) is 0 Å². The summed E-state index contributed by atoms with van der Waals surface area (Å²) in [6, 6.07) is 0. The molecule has 2 heterocycles. The van der Waals surface area contributed by atoms with E-state index in [1.54, 1.807) is 13.8 Å². The molecule has 11 nitrogen and oxygen atoms in total.